The molecule has 106 valence electrons. The zero-order valence-corrected chi connectivity index (χ0v) is 12.0. The number of hydrogen-bond donors (Lipinski definition) is 1. The monoisotopic (exact) mass is 270 g/mol. The third kappa shape index (κ3) is 5.02. The average Bonchev–Trinajstić information content (AvgIpc) is 2.51. The molecular weight excluding hydrogens is 248 g/mol. The largest absolute Gasteiger partial charge is 0.478 e. The van der Waals surface area contributed by atoms with Crippen molar-refractivity contribution in [2.75, 3.05) is 13.2 Å². The van der Waals surface area contributed by atoms with Crippen molar-refractivity contribution in [2.45, 2.75) is 26.3 Å². The third-order valence-electron chi connectivity index (χ3n) is 3.04. The molecule has 0 radical (unpaired) electrons. The third-order valence-corrected chi connectivity index (χ3v) is 3.04. The van der Waals surface area contributed by atoms with E-state index in [2.05, 4.69) is 41.5 Å². The molecule has 3 heteroatoms. The molecule has 0 amide bonds. The Morgan fingerprint density at radius 3 is 2.70 bits per heavy atom. The van der Waals surface area contributed by atoms with Crippen molar-refractivity contribution in [1.82, 2.24) is 10.3 Å². The summed E-state index contributed by atoms with van der Waals surface area (Å²) in [5, 5.41) is 3.26. The number of rotatable bonds is 8. The summed E-state index contributed by atoms with van der Waals surface area (Å²) in [4.78, 5) is 4.47. The Bertz CT molecular complexity index is 499. The Morgan fingerprint density at radius 2 is 1.90 bits per heavy atom. The Labute approximate surface area is 121 Å². The lowest BCUT2D eigenvalue weighted by atomic mass is 10.1. The predicted octanol–water partition coefficient (Wildman–Crippen LogP) is 3.20. The summed E-state index contributed by atoms with van der Waals surface area (Å²) in [5.41, 5.74) is 2.37. The molecule has 20 heavy (non-hydrogen) atoms. The van der Waals surface area contributed by atoms with Crippen LogP contribution in [0.15, 0.2) is 48.5 Å². The summed E-state index contributed by atoms with van der Waals surface area (Å²) >= 11 is 0. The molecule has 2 rings (SSSR count). The van der Waals surface area contributed by atoms with E-state index < -0.39 is 0 Å². The van der Waals surface area contributed by atoms with E-state index in [1.54, 1.807) is 0 Å². The fourth-order valence-electron chi connectivity index (χ4n) is 1.99. The average molecular weight is 270 g/mol. The van der Waals surface area contributed by atoms with Gasteiger partial charge in [0.15, 0.2) is 0 Å². The lowest BCUT2D eigenvalue weighted by Crippen LogP contribution is -2.13. The predicted molar refractivity (Wildman–Crippen MR) is 81.9 cm³/mol. The summed E-state index contributed by atoms with van der Waals surface area (Å²) in [6.45, 7) is 4.53. The van der Waals surface area contributed by atoms with Gasteiger partial charge in [0.2, 0.25) is 5.88 Å². The van der Waals surface area contributed by atoms with Gasteiger partial charge in [0.05, 0.1) is 12.3 Å². The van der Waals surface area contributed by atoms with Crippen LogP contribution in [-0.2, 0) is 13.0 Å². The van der Waals surface area contributed by atoms with Crippen molar-refractivity contribution in [3.05, 3.63) is 59.8 Å². The molecular formula is C17H22N2O. The quantitative estimate of drug-likeness (QED) is 0.748. The van der Waals surface area contributed by atoms with Crippen LogP contribution < -0.4 is 10.1 Å². The molecule has 3 nitrogen and oxygen atoms in total. The lowest BCUT2D eigenvalue weighted by Gasteiger charge is -2.07. The molecule has 0 atom stereocenters. The van der Waals surface area contributed by atoms with E-state index in [1.165, 1.54) is 5.56 Å². The molecule has 2 aromatic rings. The van der Waals surface area contributed by atoms with Crippen LogP contribution in [0.1, 0.15) is 24.6 Å². The first-order valence-electron chi connectivity index (χ1n) is 7.22. The van der Waals surface area contributed by atoms with Gasteiger partial charge in [-0.3, -0.25) is 0 Å². The highest BCUT2D eigenvalue weighted by molar-refractivity contribution is 5.16. The van der Waals surface area contributed by atoms with Gasteiger partial charge in [0, 0.05) is 12.6 Å². The van der Waals surface area contributed by atoms with Crippen molar-refractivity contribution in [1.29, 1.82) is 0 Å². The fraction of sp³-hybridized carbons (Fsp3) is 0.353. The van der Waals surface area contributed by atoms with Crippen LogP contribution in [-0.4, -0.2) is 18.1 Å². The topological polar surface area (TPSA) is 34.1 Å². The number of hydrogen-bond acceptors (Lipinski definition) is 3. The lowest BCUT2D eigenvalue weighted by molar-refractivity contribution is 0.298. The first-order chi connectivity index (χ1) is 9.88. The molecule has 0 aliphatic carbocycles. The van der Waals surface area contributed by atoms with Gasteiger partial charge in [-0.25, -0.2) is 4.98 Å². The second-order valence-electron chi connectivity index (χ2n) is 4.69. The highest BCUT2D eigenvalue weighted by Gasteiger charge is 1.99. The van der Waals surface area contributed by atoms with E-state index in [0.29, 0.717) is 12.5 Å². The summed E-state index contributed by atoms with van der Waals surface area (Å²) in [5.74, 6) is 0.716. The first-order valence-corrected chi connectivity index (χ1v) is 7.22. The zero-order chi connectivity index (χ0) is 14.0. The van der Waals surface area contributed by atoms with Crippen molar-refractivity contribution in [2.24, 2.45) is 0 Å². The maximum absolute atomic E-state index is 5.71. The van der Waals surface area contributed by atoms with Gasteiger partial charge in [-0.15, -0.1) is 0 Å². The normalized spacial score (nSPS) is 10.4. The molecule has 1 N–H and O–H groups in total. The Hall–Kier alpha value is -1.87. The summed E-state index contributed by atoms with van der Waals surface area (Å²) in [7, 11) is 0. The molecule has 0 spiro atoms. The van der Waals surface area contributed by atoms with Gasteiger partial charge in [-0.2, -0.15) is 0 Å². The van der Waals surface area contributed by atoms with Gasteiger partial charge < -0.3 is 10.1 Å². The molecule has 1 aromatic carbocycles. The van der Waals surface area contributed by atoms with E-state index in [0.717, 1.165) is 31.6 Å². The first kappa shape index (κ1) is 14.5. The van der Waals surface area contributed by atoms with Gasteiger partial charge in [-0.1, -0.05) is 43.3 Å². The Balaban J connectivity index is 1.73. The minimum Gasteiger partial charge on any atom is -0.478 e. The number of benzene rings is 1. The van der Waals surface area contributed by atoms with Crippen LogP contribution in [0.4, 0.5) is 0 Å². The molecule has 0 saturated carbocycles. The van der Waals surface area contributed by atoms with Crippen LogP contribution in [0.3, 0.4) is 0 Å². The Morgan fingerprint density at radius 1 is 1.05 bits per heavy atom. The van der Waals surface area contributed by atoms with E-state index >= 15 is 0 Å². The van der Waals surface area contributed by atoms with Gasteiger partial charge >= 0.3 is 0 Å². The zero-order valence-electron chi connectivity index (χ0n) is 12.0. The number of aryl methyl sites for hydroxylation is 1. The highest BCUT2D eigenvalue weighted by atomic mass is 16.5. The Kier molecular flexibility index (Phi) is 6.06. The van der Waals surface area contributed by atoms with Crippen LogP contribution in [0, 0.1) is 0 Å². The van der Waals surface area contributed by atoms with Crippen LogP contribution >= 0.6 is 0 Å². The van der Waals surface area contributed by atoms with E-state index in [-0.39, 0.29) is 0 Å². The van der Waals surface area contributed by atoms with E-state index in [9.17, 15) is 0 Å². The smallest absolute Gasteiger partial charge is 0.213 e. The van der Waals surface area contributed by atoms with Gasteiger partial charge in [0.25, 0.3) is 0 Å². The second-order valence-corrected chi connectivity index (χ2v) is 4.69. The number of nitrogens with one attached hydrogen (secondary N) is 1. The van der Waals surface area contributed by atoms with Crippen LogP contribution in [0.5, 0.6) is 5.88 Å². The molecule has 0 saturated heterocycles. The molecule has 0 aliphatic heterocycles. The van der Waals surface area contributed by atoms with Gasteiger partial charge in [-0.05, 0) is 31.0 Å². The maximum atomic E-state index is 5.71. The molecule has 1 aromatic heterocycles. The number of aromatic nitrogens is 1. The highest BCUT2D eigenvalue weighted by Crippen LogP contribution is 2.09. The second kappa shape index (κ2) is 8.33. The van der Waals surface area contributed by atoms with Crippen molar-refractivity contribution in [3.63, 3.8) is 0 Å². The fourth-order valence-corrected chi connectivity index (χ4v) is 1.99. The molecule has 0 unspecified atom stereocenters. The van der Waals surface area contributed by atoms with Crippen LogP contribution in [0.25, 0.3) is 0 Å². The molecule has 0 fully saturated rings. The molecule has 0 bridgehead atoms. The van der Waals surface area contributed by atoms with Gasteiger partial charge in [0.1, 0.15) is 0 Å². The summed E-state index contributed by atoms with van der Waals surface area (Å²) in [6, 6.07) is 16.4. The van der Waals surface area contributed by atoms with E-state index in [1.807, 2.05) is 24.3 Å². The number of nitrogens with zero attached hydrogens (tertiary/aromatic N) is 1. The number of ether oxygens (including phenoxy) is 1. The van der Waals surface area contributed by atoms with Crippen molar-refractivity contribution < 1.29 is 4.74 Å². The molecule has 1 heterocycles. The minimum absolute atomic E-state index is 0.701. The maximum Gasteiger partial charge on any atom is 0.213 e. The standard InChI is InChI=1S/C17H22N2O/c1-2-18-14-16-11-6-12-17(19-16)20-13-7-10-15-8-4-3-5-9-15/h3-6,8-9,11-12,18H,2,7,10,13-14H2,1H3. The SMILES string of the molecule is CCNCc1cccc(OCCCc2ccccc2)n1. The minimum atomic E-state index is 0.701. The number of pyridine rings is 1. The van der Waals surface area contributed by atoms with Crippen LogP contribution in [0.2, 0.25) is 0 Å². The summed E-state index contributed by atoms with van der Waals surface area (Å²) < 4.78 is 5.71. The van der Waals surface area contributed by atoms with Crippen molar-refractivity contribution in [3.8, 4) is 5.88 Å². The van der Waals surface area contributed by atoms with Crippen molar-refractivity contribution >= 4 is 0 Å². The molecule has 0 aliphatic rings. The summed E-state index contributed by atoms with van der Waals surface area (Å²) in [6.07, 6.45) is 2.04. The van der Waals surface area contributed by atoms with E-state index in [4.69, 9.17) is 4.74 Å².